The predicted octanol–water partition coefficient (Wildman–Crippen LogP) is 3.78. The molecule has 1 amide bonds. The predicted molar refractivity (Wildman–Crippen MR) is 107 cm³/mol. The second-order valence-electron chi connectivity index (χ2n) is 6.89. The lowest BCUT2D eigenvalue weighted by molar-refractivity contribution is -0.155. The summed E-state index contributed by atoms with van der Waals surface area (Å²) in [5.74, 6) is -0.679. The van der Waals surface area contributed by atoms with Gasteiger partial charge in [0.2, 0.25) is 0 Å². The molecule has 0 saturated heterocycles. The Morgan fingerprint density at radius 3 is 2.44 bits per heavy atom. The van der Waals surface area contributed by atoms with E-state index in [-0.39, 0.29) is 12.5 Å². The Hall–Kier alpha value is -2.73. The number of carbonyl (C=O) groups is 2. The number of esters is 1. The Labute approximate surface area is 162 Å². The largest absolute Gasteiger partial charge is 0.455 e. The number of fused-ring (bicyclic) bond motifs is 1. The van der Waals surface area contributed by atoms with Crippen LogP contribution in [0.5, 0.6) is 0 Å². The maximum atomic E-state index is 12.5. The summed E-state index contributed by atoms with van der Waals surface area (Å²) in [5, 5.41) is 0.850. The number of thiazole rings is 1. The standard InChI is InChI=1S/C21H22N2O3S/c1-21(2,15-9-5-4-6-10-15)20(25)26-14-19(24)23(3)13-18-22-16-11-7-8-12-17(16)27-18/h4-12H,13-14H2,1-3H3. The third-order valence-corrected chi connectivity index (χ3v) is 5.49. The number of rotatable bonds is 6. The highest BCUT2D eigenvalue weighted by atomic mass is 32.1. The molecule has 3 rings (SSSR count). The zero-order chi connectivity index (χ0) is 19.4. The average molecular weight is 382 g/mol. The quantitative estimate of drug-likeness (QED) is 0.609. The first-order valence-electron chi connectivity index (χ1n) is 8.69. The van der Waals surface area contributed by atoms with E-state index < -0.39 is 11.4 Å². The van der Waals surface area contributed by atoms with Crippen LogP contribution in [0.25, 0.3) is 10.2 Å². The van der Waals surface area contributed by atoms with Gasteiger partial charge in [-0.05, 0) is 31.5 Å². The number of aromatic nitrogens is 1. The van der Waals surface area contributed by atoms with Crippen LogP contribution in [-0.4, -0.2) is 35.4 Å². The fourth-order valence-corrected chi connectivity index (χ4v) is 3.69. The number of amides is 1. The Morgan fingerprint density at radius 2 is 1.74 bits per heavy atom. The lowest BCUT2D eigenvalue weighted by Crippen LogP contribution is -2.36. The summed E-state index contributed by atoms with van der Waals surface area (Å²) >= 11 is 1.56. The maximum Gasteiger partial charge on any atom is 0.316 e. The van der Waals surface area contributed by atoms with Crippen LogP contribution in [0.3, 0.4) is 0 Å². The van der Waals surface area contributed by atoms with Gasteiger partial charge in [0.15, 0.2) is 6.61 Å². The van der Waals surface area contributed by atoms with Gasteiger partial charge in [-0.2, -0.15) is 0 Å². The first-order valence-corrected chi connectivity index (χ1v) is 9.51. The zero-order valence-corrected chi connectivity index (χ0v) is 16.5. The molecule has 1 aromatic heterocycles. The molecule has 0 atom stereocenters. The molecular weight excluding hydrogens is 360 g/mol. The number of hydrogen-bond acceptors (Lipinski definition) is 5. The number of ether oxygens (including phenoxy) is 1. The van der Waals surface area contributed by atoms with Crippen LogP contribution < -0.4 is 0 Å². The third kappa shape index (κ3) is 4.34. The van der Waals surface area contributed by atoms with Crippen LogP contribution in [0.2, 0.25) is 0 Å². The van der Waals surface area contributed by atoms with E-state index in [9.17, 15) is 9.59 Å². The van der Waals surface area contributed by atoms with Crippen molar-refractivity contribution >= 4 is 33.4 Å². The minimum atomic E-state index is -0.812. The molecular formula is C21H22N2O3S. The van der Waals surface area contributed by atoms with Crippen LogP contribution in [0.15, 0.2) is 54.6 Å². The van der Waals surface area contributed by atoms with E-state index in [1.807, 2.05) is 54.6 Å². The Bertz CT molecular complexity index is 917. The number of para-hydroxylation sites is 1. The van der Waals surface area contributed by atoms with E-state index in [1.165, 1.54) is 4.90 Å². The van der Waals surface area contributed by atoms with Crippen molar-refractivity contribution in [2.75, 3.05) is 13.7 Å². The van der Waals surface area contributed by atoms with Gasteiger partial charge in [0.1, 0.15) is 5.01 Å². The van der Waals surface area contributed by atoms with Crippen LogP contribution in [0.4, 0.5) is 0 Å². The van der Waals surface area contributed by atoms with E-state index in [0.717, 1.165) is 20.8 Å². The van der Waals surface area contributed by atoms with Gasteiger partial charge in [-0.25, -0.2) is 4.98 Å². The summed E-state index contributed by atoms with van der Waals surface area (Å²) in [6.07, 6.45) is 0. The summed E-state index contributed by atoms with van der Waals surface area (Å²) in [4.78, 5) is 30.9. The van der Waals surface area contributed by atoms with E-state index >= 15 is 0 Å². The molecule has 0 radical (unpaired) electrons. The van der Waals surface area contributed by atoms with Gasteiger partial charge in [0.25, 0.3) is 5.91 Å². The average Bonchev–Trinajstić information content (AvgIpc) is 3.08. The van der Waals surface area contributed by atoms with Gasteiger partial charge in [-0.3, -0.25) is 9.59 Å². The summed E-state index contributed by atoms with van der Waals surface area (Å²) < 4.78 is 6.38. The van der Waals surface area contributed by atoms with Crippen molar-refractivity contribution in [3.05, 3.63) is 65.2 Å². The molecule has 0 unspecified atom stereocenters. The Balaban J connectivity index is 1.57. The van der Waals surface area contributed by atoms with Gasteiger partial charge >= 0.3 is 5.97 Å². The van der Waals surface area contributed by atoms with Crippen molar-refractivity contribution in [3.63, 3.8) is 0 Å². The molecule has 0 fully saturated rings. The molecule has 3 aromatic rings. The highest BCUT2D eigenvalue weighted by Gasteiger charge is 2.32. The first-order chi connectivity index (χ1) is 12.9. The summed E-state index contributed by atoms with van der Waals surface area (Å²) in [5.41, 5.74) is 0.965. The van der Waals surface area contributed by atoms with Gasteiger partial charge in [-0.1, -0.05) is 42.5 Å². The molecule has 27 heavy (non-hydrogen) atoms. The fourth-order valence-electron chi connectivity index (χ4n) is 2.67. The zero-order valence-electron chi connectivity index (χ0n) is 15.6. The minimum Gasteiger partial charge on any atom is -0.455 e. The van der Waals surface area contributed by atoms with Crippen LogP contribution in [-0.2, 0) is 26.3 Å². The lowest BCUT2D eigenvalue weighted by Gasteiger charge is -2.23. The van der Waals surface area contributed by atoms with Crippen molar-refractivity contribution < 1.29 is 14.3 Å². The van der Waals surface area contributed by atoms with Crippen molar-refractivity contribution in [3.8, 4) is 0 Å². The fraction of sp³-hybridized carbons (Fsp3) is 0.286. The number of likely N-dealkylation sites (N-methyl/N-ethyl adjacent to an activating group) is 1. The SMILES string of the molecule is CN(Cc1nc2ccccc2s1)C(=O)COC(=O)C(C)(C)c1ccccc1. The van der Waals surface area contributed by atoms with Crippen molar-refractivity contribution in [1.82, 2.24) is 9.88 Å². The molecule has 0 aliphatic rings. The Morgan fingerprint density at radius 1 is 1.07 bits per heavy atom. The highest BCUT2D eigenvalue weighted by molar-refractivity contribution is 7.18. The summed E-state index contributed by atoms with van der Waals surface area (Å²) in [6, 6.07) is 17.3. The molecule has 0 aliphatic carbocycles. The van der Waals surface area contributed by atoms with E-state index in [2.05, 4.69) is 4.98 Å². The minimum absolute atomic E-state index is 0.258. The van der Waals surface area contributed by atoms with E-state index in [0.29, 0.717) is 6.54 Å². The normalized spacial score (nSPS) is 11.4. The van der Waals surface area contributed by atoms with Crippen molar-refractivity contribution in [2.45, 2.75) is 25.8 Å². The van der Waals surface area contributed by atoms with Gasteiger partial charge < -0.3 is 9.64 Å². The highest BCUT2D eigenvalue weighted by Crippen LogP contribution is 2.25. The van der Waals surface area contributed by atoms with Crippen molar-refractivity contribution in [2.24, 2.45) is 0 Å². The lowest BCUT2D eigenvalue weighted by atomic mass is 9.85. The van der Waals surface area contributed by atoms with Crippen molar-refractivity contribution in [1.29, 1.82) is 0 Å². The molecule has 2 aromatic carbocycles. The molecule has 6 heteroatoms. The van der Waals surface area contributed by atoms with Gasteiger partial charge in [0.05, 0.1) is 22.2 Å². The second kappa shape index (κ2) is 7.88. The Kier molecular flexibility index (Phi) is 5.56. The van der Waals surface area contributed by atoms with E-state index in [1.54, 1.807) is 32.2 Å². The van der Waals surface area contributed by atoms with Gasteiger partial charge in [-0.15, -0.1) is 11.3 Å². The smallest absolute Gasteiger partial charge is 0.316 e. The second-order valence-corrected chi connectivity index (χ2v) is 8.01. The summed E-state index contributed by atoms with van der Waals surface area (Å²) in [7, 11) is 1.69. The molecule has 140 valence electrons. The van der Waals surface area contributed by atoms with Crippen LogP contribution in [0.1, 0.15) is 24.4 Å². The van der Waals surface area contributed by atoms with Crippen LogP contribution >= 0.6 is 11.3 Å². The molecule has 0 aliphatic heterocycles. The topological polar surface area (TPSA) is 59.5 Å². The molecule has 0 bridgehead atoms. The summed E-state index contributed by atoms with van der Waals surface area (Å²) in [6.45, 7) is 3.69. The maximum absolute atomic E-state index is 12.5. The van der Waals surface area contributed by atoms with Crippen LogP contribution in [0, 0.1) is 0 Å². The number of carbonyl (C=O) groups excluding carboxylic acids is 2. The number of nitrogens with zero attached hydrogens (tertiary/aromatic N) is 2. The first kappa shape index (κ1) is 19.0. The molecule has 1 heterocycles. The molecule has 0 N–H and O–H groups in total. The molecule has 0 saturated carbocycles. The monoisotopic (exact) mass is 382 g/mol. The van der Waals surface area contributed by atoms with Gasteiger partial charge in [0, 0.05) is 7.05 Å². The third-order valence-electron chi connectivity index (χ3n) is 4.47. The molecule has 5 nitrogen and oxygen atoms in total. The number of benzene rings is 2. The number of hydrogen-bond donors (Lipinski definition) is 0. The van der Waals surface area contributed by atoms with E-state index in [4.69, 9.17) is 4.74 Å². The molecule has 0 spiro atoms.